The van der Waals surface area contributed by atoms with E-state index in [1.807, 2.05) is 13.8 Å². The van der Waals surface area contributed by atoms with Crippen LogP contribution in [0.15, 0.2) is 58.4 Å². The number of carboxylic acid groups (broad SMARTS) is 1. The maximum absolute atomic E-state index is 13.8. The fourth-order valence-electron chi connectivity index (χ4n) is 2.83. The van der Waals surface area contributed by atoms with Gasteiger partial charge in [0.15, 0.2) is 15.9 Å². The second-order valence-electron chi connectivity index (χ2n) is 7.63. The van der Waals surface area contributed by atoms with E-state index in [-0.39, 0.29) is 10.5 Å². The molecule has 0 spiro atoms. The van der Waals surface area contributed by atoms with E-state index in [1.54, 1.807) is 0 Å². The minimum Gasteiger partial charge on any atom is -0.480 e. The quantitative estimate of drug-likeness (QED) is 0.398. The number of hydrogen-bond acceptors (Lipinski definition) is 4. The van der Waals surface area contributed by atoms with Crippen LogP contribution < -0.4 is 0 Å². The summed E-state index contributed by atoms with van der Waals surface area (Å²) in [5.74, 6) is -1.66. The number of aliphatic carboxylic acids is 1. The number of benzene rings is 2. The smallest absolute Gasteiger partial charge is 0.433 e. The van der Waals surface area contributed by atoms with E-state index >= 15 is 0 Å². The second kappa shape index (κ2) is 10.9. The van der Waals surface area contributed by atoms with Gasteiger partial charge in [0, 0.05) is 18.2 Å². The van der Waals surface area contributed by atoms with E-state index in [0.29, 0.717) is 11.1 Å². The standard InChI is InChI=1S/C21H21F4NO4S.C2H6/c1-20(2,22)12-17(19(27)28)26-18(21(23,24)25)15-6-4-13(5-7-15)14-8-10-16(11-9-14)31(3,29)30;1-2/h4-11,17H,12H2,1-3H3,(H,27,28);1-2H3. The lowest BCUT2D eigenvalue weighted by atomic mass is 9.99. The highest BCUT2D eigenvalue weighted by atomic mass is 32.2. The predicted octanol–water partition coefficient (Wildman–Crippen LogP) is 5.73. The van der Waals surface area contributed by atoms with Gasteiger partial charge in [0.25, 0.3) is 0 Å². The highest BCUT2D eigenvalue weighted by Gasteiger charge is 2.39. The minimum atomic E-state index is -4.95. The summed E-state index contributed by atoms with van der Waals surface area (Å²) in [6.07, 6.45) is -4.61. The van der Waals surface area contributed by atoms with Crippen molar-refractivity contribution in [3.05, 3.63) is 54.1 Å². The molecule has 0 aliphatic rings. The third kappa shape index (κ3) is 8.60. The van der Waals surface area contributed by atoms with Gasteiger partial charge in [-0.2, -0.15) is 13.2 Å². The molecule has 33 heavy (non-hydrogen) atoms. The first-order chi connectivity index (χ1) is 15.1. The van der Waals surface area contributed by atoms with Gasteiger partial charge < -0.3 is 5.11 Å². The number of rotatable bonds is 7. The van der Waals surface area contributed by atoms with E-state index in [2.05, 4.69) is 4.99 Å². The number of carbonyl (C=O) groups is 1. The van der Waals surface area contributed by atoms with E-state index in [1.165, 1.54) is 36.4 Å². The number of sulfone groups is 1. The Hall–Kier alpha value is -2.75. The van der Waals surface area contributed by atoms with Gasteiger partial charge in [-0.1, -0.05) is 50.2 Å². The summed E-state index contributed by atoms with van der Waals surface area (Å²) in [7, 11) is -3.38. The van der Waals surface area contributed by atoms with Crippen LogP contribution in [0.5, 0.6) is 0 Å². The van der Waals surface area contributed by atoms with E-state index in [0.717, 1.165) is 32.2 Å². The Kier molecular flexibility index (Phi) is 9.35. The lowest BCUT2D eigenvalue weighted by molar-refractivity contribution is -0.139. The number of aliphatic imine (C=N–C) groups is 1. The zero-order valence-electron chi connectivity index (χ0n) is 18.9. The van der Waals surface area contributed by atoms with Gasteiger partial charge in [-0.25, -0.2) is 17.6 Å². The van der Waals surface area contributed by atoms with Crippen LogP contribution in [0.4, 0.5) is 17.6 Å². The first-order valence-corrected chi connectivity index (χ1v) is 11.9. The Labute approximate surface area is 191 Å². The molecule has 0 heterocycles. The molecule has 0 fully saturated rings. The molecule has 0 radical (unpaired) electrons. The van der Waals surface area contributed by atoms with Gasteiger partial charge in [0.05, 0.1) is 4.90 Å². The molecule has 2 rings (SSSR count). The molecule has 1 atom stereocenters. The molecule has 182 valence electrons. The summed E-state index contributed by atoms with van der Waals surface area (Å²) in [4.78, 5) is 14.8. The summed E-state index contributed by atoms with van der Waals surface area (Å²) < 4.78 is 77.6. The number of alkyl halides is 4. The van der Waals surface area contributed by atoms with Crippen molar-refractivity contribution in [3.63, 3.8) is 0 Å². The summed E-state index contributed by atoms with van der Waals surface area (Å²) in [6.45, 7) is 6.13. The molecule has 2 aromatic carbocycles. The maximum atomic E-state index is 13.8. The SMILES string of the molecule is CC.CC(C)(F)CC(N=C(c1ccc(-c2ccc(S(C)(=O)=O)cc2)cc1)C(F)(F)F)C(=O)O. The van der Waals surface area contributed by atoms with Crippen molar-refractivity contribution >= 4 is 21.5 Å². The number of hydrogen-bond donors (Lipinski definition) is 1. The number of nitrogens with zero attached hydrogens (tertiary/aromatic N) is 1. The third-order valence-corrected chi connectivity index (χ3v) is 5.42. The highest BCUT2D eigenvalue weighted by molar-refractivity contribution is 7.90. The highest BCUT2D eigenvalue weighted by Crippen LogP contribution is 2.28. The Bertz CT molecular complexity index is 1070. The van der Waals surface area contributed by atoms with Crippen LogP contribution in [0, 0.1) is 0 Å². The van der Waals surface area contributed by atoms with Crippen molar-refractivity contribution in [2.24, 2.45) is 4.99 Å². The molecule has 0 saturated heterocycles. The van der Waals surface area contributed by atoms with Crippen molar-refractivity contribution in [1.29, 1.82) is 0 Å². The fraction of sp³-hybridized carbons (Fsp3) is 0.391. The Morgan fingerprint density at radius 2 is 1.36 bits per heavy atom. The topological polar surface area (TPSA) is 83.8 Å². The molecule has 1 N–H and O–H groups in total. The van der Waals surface area contributed by atoms with Gasteiger partial charge in [-0.15, -0.1) is 0 Å². The fourth-order valence-corrected chi connectivity index (χ4v) is 3.46. The largest absolute Gasteiger partial charge is 0.480 e. The Balaban J connectivity index is 0.00000265. The van der Waals surface area contributed by atoms with Crippen molar-refractivity contribution in [2.75, 3.05) is 6.26 Å². The van der Waals surface area contributed by atoms with Gasteiger partial charge in [-0.05, 0) is 37.1 Å². The molecule has 1 unspecified atom stereocenters. The Morgan fingerprint density at radius 3 is 1.70 bits per heavy atom. The van der Waals surface area contributed by atoms with Crippen LogP contribution in [-0.2, 0) is 14.6 Å². The molecule has 2 aromatic rings. The van der Waals surface area contributed by atoms with Gasteiger partial charge in [0.1, 0.15) is 11.4 Å². The van der Waals surface area contributed by atoms with Crippen LogP contribution in [0.3, 0.4) is 0 Å². The average molecular weight is 490 g/mol. The first-order valence-electron chi connectivity index (χ1n) is 10.1. The van der Waals surface area contributed by atoms with Gasteiger partial charge >= 0.3 is 12.1 Å². The first kappa shape index (κ1) is 28.3. The summed E-state index contributed by atoms with van der Waals surface area (Å²) in [5, 5.41) is 9.19. The average Bonchev–Trinajstić information content (AvgIpc) is 2.70. The lowest BCUT2D eigenvalue weighted by Crippen LogP contribution is -2.32. The van der Waals surface area contributed by atoms with Crippen LogP contribution in [-0.4, -0.2) is 49.3 Å². The normalized spacial score (nSPS) is 13.7. The molecule has 0 amide bonds. The number of carboxylic acids is 1. The summed E-state index contributed by atoms with van der Waals surface area (Å²) in [5.41, 5.74) is -2.71. The van der Waals surface area contributed by atoms with Crippen molar-refractivity contribution in [2.45, 2.75) is 56.9 Å². The van der Waals surface area contributed by atoms with E-state index in [9.17, 15) is 35.9 Å². The van der Waals surface area contributed by atoms with Crippen molar-refractivity contribution < 1.29 is 35.9 Å². The summed E-state index contributed by atoms with van der Waals surface area (Å²) in [6, 6.07) is 8.93. The molecular weight excluding hydrogens is 462 g/mol. The minimum absolute atomic E-state index is 0.106. The van der Waals surface area contributed by atoms with Crippen LogP contribution in [0.25, 0.3) is 11.1 Å². The predicted molar refractivity (Wildman–Crippen MR) is 120 cm³/mol. The molecule has 0 bridgehead atoms. The molecule has 0 aromatic heterocycles. The molecular formula is C23H27F4NO4S. The molecule has 0 aliphatic heterocycles. The zero-order chi connectivity index (χ0) is 25.6. The van der Waals surface area contributed by atoms with Gasteiger partial charge in [0.2, 0.25) is 0 Å². The monoisotopic (exact) mass is 489 g/mol. The molecule has 0 saturated carbocycles. The molecule has 5 nitrogen and oxygen atoms in total. The third-order valence-electron chi connectivity index (χ3n) is 4.29. The van der Waals surface area contributed by atoms with Crippen molar-refractivity contribution in [3.8, 4) is 11.1 Å². The maximum Gasteiger partial charge on any atom is 0.433 e. The molecule has 10 heteroatoms. The van der Waals surface area contributed by atoms with Gasteiger partial charge in [-0.3, -0.25) is 4.99 Å². The lowest BCUT2D eigenvalue weighted by Gasteiger charge is -2.19. The van der Waals surface area contributed by atoms with Crippen LogP contribution in [0.2, 0.25) is 0 Å². The Morgan fingerprint density at radius 1 is 0.939 bits per heavy atom. The second-order valence-corrected chi connectivity index (χ2v) is 9.64. The number of halogens is 4. The van der Waals surface area contributed by atoms with Crippen LogP contribution >= 0.6 is 0 Å². The molecule has 0 aliphatic carbocycles. The summed E-state index contributed by atoms with van der Waals surface area (Å²) >= 11 is 0. The van der Waals surface area contributed by atoms with Crippen LogP contribution in [0.1, 0.15) is 39.7 Å². The van der Waals surface area contributed by atoms with E-state index < -0.39 is 45.8 Å². The zero-order valence-corrected chi connectivity index (χ0v) is 19.8. The van der Waals surface area contributed by atoms with Crippen molar-refractivity contribution in [1.82, 2.24) is 0 Å². The van der Waals surface area contributed by atoms with E-state index in [4.69, 9.17) is 0 Å².